The number of hydrogen-bond acceptors (Lipinski definition) is 4. The summed E-state index contributed by atoms with van der Waals surface area (Å²) in [7, 11) is -2.17. The minimum Gasteiger partial charge on any atom is -0.497 e. The highest BCUT2D eigenvalue weighted by Crippen LogP contribution is 2.28. The number of hydrogen-bond donors (Lipinski definition) is 1. The molecule has 0 heterocycles. The molecule has 1 aliphatic carbocycles. The molecule has 2 aromatic carbocycles. The summed E-state index contributed by atoms with van der Waals surface area (Å²) in [5.41, 5.74) is 4.19. The smallest absolute Gasteiger partial charge is 0.244 e. The minimum atomic E-state index is -3.69. The zero-order valence-electron chi connectivity index (χ0n) is 18.7. The van der Waals surface area contributed by atoms with Crippen LogP contribution in [0.1, 0.15) is 55.8 Å². The van der Waals surface area contributed by atoms with Crippen LogP contribution in [0.3, 0.4) is 0 Å². The van der Waals surface area contributed by atoms with Gasteiger partial charge in [0, 0.05) is 6.07 Å². The average Bonchev–Trinajstić information content (AvgIpc) is 2.75. The van der Waals surface area contributed by atoms with Crippen LogP contribution in [-0.4, -0.2) is 33.7 Å². The van der Waals surface area contributed by atoms with Crippen LogP contribution in [-0.2, 0) is 27.7 Å². The first-order valence-corrected chi connectivity index (χ1v) is 12.6. The number of rotatable bonds is 8. The van der Waals surface area contributed by atoms with Crippen molar-refractivity contribution in [1.82, 2.24) is 5.32 Å². The van der Waals surface area contributed by atoms with E-state index in [4.69, 9.17) is 4.74 Å². The molecule has 0 spiro atoms. The van der Waals surface area contributed by atoms with Gasteiger partial charge in [0.25, 0.3) is 0 Å². The van der Waals surface area contributed by atoms with Gasteiger partial charge in [-0.1, -0.05) is 31.2 Å². The third-order valence-electron chi connectivity index (χ3n) is 5.87. The van der Waals surface area contributed by atoms with E-state index in [0.717, 1.165) is 24.7 Å². The predicted octanol–water partition coefficient (Wildman–Crippen LogP) is 4.00. The first-order chi connectivity index (χ1) is 14.7. The molecule has 1 amide bonds. The van der Waals surface area contributed by atoms with Gasteiger partial charge in [0.05, 0.1) is 25.1 Å². The molecule has 0 radical (unpaired) electrons. The third kappa shape index (κ3) is 5.39. The lowest BCUT2D eigenvalue weighted by Gasteiger charge is -2.31. The van der Waals surface area contributed by atoms with Crippen molar-refractivity contribution >= 4 is 21.6 Å². The quantitative estimate of drug-likeness (QED) is 0.668. The number of nitrogens with one attached hydrogen (secondary N) is 1. The molecule has 0 fully saturated rings. The second-order valence-corrected chi connectivity index (χ2v) is 10.0. The number of ether oxygens (including phenoxy) is 1. The first-order valence-electron chi connectivity index (χ1n) is 10.8. The van der Waals surface area contributed by atoms with Crippen molar-refractivity contribution in [2.45, 2.75) is 58.0 Å². The summed E-state index contributed by atoms with van der Waals surface area (Å²) in [6.45, 7) is 3.75. The minimum absolute atomic E-state index is 0.222. The molecule has 0 saturated carbocycles. The Balaban J connectivity index is 1.84. The van der Waals surface area contributed by atoms with E-state index in [1.54, 1.807) is 24.3 Å². The summed E-state index contributed by atoms with van der Waals surface area (Å²) in [6.07, 6.45) is 6.06. The molecule has 1 aliphatic rings. The van der Waals surface area contributed by atoms with E-state index in [-0.39, 0.29) is 11.9 Å². The summed E-state index contributed by atoms with van der Waals surface area (Å²) in [4.78, 5) is 13.2. The van der Waals surface area contributed by atoms with Crippen molar-refractivity contribution < 1.29 is 17.9 Å². The van der Waals surface area contributed by atoms with Gasteiger partial charge in [-0.3, -0.25) is 9.10 Å². The Labute approximate surface area is 185 Å². The Morgan fingerprint density at radius 3 is 2.48 bits per heavy atom. The molecular formula is C24H32N2O4S. The van der Waals surface area contributed by atoms with Crippen molar-refractivity contribution in [3.8, 4) is 5.75 Å². The van der Waals surface area contributed by atoms with E-state index in [2.05, 4.69) is 23.5 Å². The fourth-order valence-corrected chi connectivity index (χ4v) is 5.43. The largest absolute Gasteiger partial charge is 0.497 e. The van der Waals surface area contributed by atoms with Crippen LogP contribution in [0.5, 0.6) is 5.75 Å². The Bertz CT molecular complexity index is 1040. The normalized spacial score (nSPS) is 15.5. The molecule has 168 valence electrons. The van der Waals surface area contributed by atoms with Crippen molar-refractivity contribution in [2.75, 3.05) is 17.7 Å². The lowest BCUT2D eigenvalue weighted by molar-refractivity contribution is -0.122. The van der Waals surface area contributed by atoms with Gasteiger partial charge < -0.3 is 10.1 Å². The maximum Gasteiger partial charge on any atom is 0.244 e. The SMILES string of the molecule is CC[C@@H](C(=O)N[C@@H](C)c1ccc2c(c1)CCCC2)N(c1cccc(OC)c1)S(C)(=O)=O. The van der Waals surface area contributed by atoms with Gasteiger partial charge in [0.1, 0.15) is 11.8 Å². The molecular weight excluding hydrogens is 412 g/mol. The molecule has 0 unspecified atom stereocenters. The van der Waals surface area contributed by atoms with E-state index < -0.39 is 16.1 Å². The highest BCUT2D eigenvalue weighted by atomic mass is 32.2. The number of carbonyl (C=O) groups is 1. The van der Waals surface area contributed by atoms with Gasteiger partial charge in [-0.25, -0.2) is 8.42 Å². The molecule has 31 heavy (non-hydrogen) atoms. The van der Waals surface area contributed by atoms with Gasteiger partial charge in [0.2, 0.25) is 15.9 Å². The Morgan fingerprint density at radius 2 is 1.84 bits per heavy atom. The van der Waals surface area contributed by atoms with Gasteiger partial charge >= 0.3 is 0 Å². The predicted molar refractivity (Wildman–Crippen MR) is 124 cm³/mol. The lowest BCUT2D eigenvalue weighted by Crippen LogP contribution is -2.49. The molecule has 1 N–H and O–H groups in total. The maximum absolute atomic E-state index is 13.2. The molecule has 6 nitrogen and oxygen atoms in total. The van der Waals surface area contributed by atoms with Crippen LogP contribution in [0.4, 0.5) is 5.69 Å². The molecule has 0 aromatic heterocycles. The number of benzene rings is 2. The number of carbonyl (C=O) groups excluding carboxylic acids is 1. The Kier molecular flexibility index (Phi) is 7.26. The summed E-state index contributed by atoms with van der Waals surface area (Å²) < 4.78 is 31.7. The molecule has 7 heteroatoms. The van der Waals surface area contributed by atoms with E-state index >= 15 is 0 Å². The van der Waals surface area contributed by atoms with Crippen LogP contribution in [0.25, 0.3) is 0 Å². The molecule has 2 atom stereocenters. The van der Waals surface area contributed by atoms with Crippen molar-refractivity contribution in [3.63, 3.8) is 0 Å². The number of aryl methyl sites for hydroxylation is 2. The fraction of sp³-hybridized carbons (Fsp3) is 0.458. The Morgan fingerprint density at radius 1 is 1.13 bits per heavy atom. The van der Waals surface area contributed by atoms with E-state index in [9.17, 15) is 13.2 Å². The van der Waals surface area contributed by atoms with Crippen molar-refractivity contribution in [1.29, 1.82) is 0 Å². The van der Waals surface area contributed by atoms with Crippen LogP contribution in [0.2, 0.25) is 0 Å². The first kappa shape index (κ1) is 23.1. The topological polar surface area (TPSA) is 75.7 Å². The average molecular weight is 445 g/mol. The molecule has 0 saturated heterocycles. The maximum atomic E-state index is 13.2. The van der Waals surface area contributed by atoms with E-state index in [1.165, 1.54) is 35.4 Å². The monoisotopic (exact) mass is 444 g/mol. The lowest BCUT2D eigenvalue weighted by atomic mass is 9.89. The zero-order chi connectivity index (χ0) is 22.6. The number of fused-ring (bicyclic) bond motifs is 1. The van der Waals surface area contributed by atoms with Crippen molar-refractivity contribution in [3.05, 3.63) is 59.2 Å². The highest BCUT2D eigenvalue weighted by Gasteiger charge is 2.32. The van der Waals surface area contributed by atoms with Crippen LogP contribution in [0, 0.1) is 0 Å². The number of methoxy groups -OCH3 is 1. The third-order valence-corrected chi connectivity index (χ3v) is 7.05. The summed E-state index contributed by atoms with van der Waals surface area (Å²) >= 11 is 0. The molecule has 3 rings (SSSR count). The summed E-state index contributed by atoms with van der Waals surface area (Å²) in [6, 6.07) is 12.1. The number of amides is 1. The van der Waals surface area contributed by atoms with Gasteiger partial charge in [0.15, 0.2) is 0 Å². The summed E-state index contributed by atoms with van der Waals surface area (Å²) in [5.74, 6) is 0.213. The fourth-order valence-electron chi connectivity index (χ4n) is 4.22. The molecule has 0 bridgehead atoms. The number of sulfonamides is 1. The van der Waals surface area contributed by atoms with Gasteiger partial charge in [-0.05, 0) is 67.9 Å². The molecule has 2 aromatic rings. The Hall–Kier alpha value is -2.54. The number of nitrogens with zero attached hydrogens (tertiary/aromatic N) is 1. The number of anilines is 1. The van der Waals surface area contributed by atoms with Gasteiger partial charge in [-0.15, -0.1) is 0 Å². The second-order valence-electron chi connectivity index (χ2n) is 8.15. The highest BCUT2D eigenvalue weighted by molar-refractivity contribution is 7.92. The summed E-state index contributed by atoms with van der Waals surface area (Å²) in [5, 5.41) is 3.03. The standard InChI is InChI=1S/C24H32N2O4S/c1-5-23(26(31(4,28)29)21-11-8-12-22(16-21)30-3)24(27)25-17(2)19-14-13-18-9-6-7-10-20(18)15-19/h8,11-17,23H,5-7,9-10H2,1-4H3,(H,25,27)/t17-,23-/m0/s1. The van der Waals surface area contributed by atoms with Crippen molar-refractivity contribution in [2.24, 2.45) is 0 Å². The molecule has 0 aliphatic heterocycles. The zero-order valence-corrected chi connectivity index (χ0v) is 19.5. The second kappa shape index (κ2) is 9.73. The van der Waals surface area contributed by atoms with Gasteiger partial charge in [-0.2, -0.15) is 0 Å². The van der Waals surface area contributed by atoms with E-state index in [1.807, 2.05) is 13.8 Å². The van der Waals surface area contributed by atoms with Crippen LogP contribution < -0.4 is 14.4 Å². The van der Waals surface area contributed by atoms with Crippen LogP contribution in [0.15, 0.2) is 42.5 Å². The van der Waals surface area contributed by atoms with E-state index in [0.29, 0.717) is 17.9 Å². The van der Waals surface area contributed by atoms with Crippen LogP contribution >= 0.6 is 0 Å².